The highest BCUT2D eigenvalue weighted by molar-refractivity contribution is 7.99. The Morgan fingerprint density at radius 2 is 2.06 bits per heavy atom. The molecular formula is C13H21NOS. The van der Waals surface area contributed by atoms with Crippen molar-refractivity contribution in [2.45, 2.75) is 24.8 Å². The van der Waals surface area contributed by atoms with E-state index in [9.17, 15) is 0 Å². The zero-order chi connectivity index (χ0) is 11.6. The molecule has 0 aliphatic heterocycles. The second-order valence-corrected chi connectivity index (χ2v) is 4.84. The molecule has 1 atom stereocenters. The van der Waals surface area contributed by atoms with E-state index in [1.165, 1.54) is 4.90 Å². The normalized spacial score (nSPS) is 12.6. The molecule has 0 radical (unpaired) electrons. The minimum Gasteiger partial charge on any atom is -0.380 e. The zero-order valence-electron chi connectivity index (χ0n) is 10.1. The van der Waals surface area contributed by atoms with Crippen molar-refractivity contribution >= 4 is 11.8 Å². The maximum absolute atomic E-state index is 5.34. The fourth-order valence-corrected chi connectivity index (χ4v) is 2.15. The second kappa shape index (κ2) is 8.62. The molecule has 0 aliphatic rings. The number of rotatable bonds is 8. The first-order valence-corrected chi connectivity index (χ1v) is 6.80. The molecule has 3 heteroatoms. The molecule has 90 valence electrons. The van der Waals surface area contributed by atoms with Crippen LogP contribution < -0.4 is 5.32 Å². The van der Waals surface area contributed by atoms with Crippen molar-refractivity contribution in [3.63, 3.8) is 0 Å². The predicted molar refractivity (Wildman–Crippen MR) is 71.1 cm³/mol. The van der Waals surface area contributed by atoms with E-state index in [0.717, 1.165) is 25.5 Å². The summed E-state index contributed by atoms with van der Waals surface area (Å²) in [7, 11) is 0. The molecule has 1 rings (SSSR count). The van der Waals surface area contributed by atoms with E-state index in [1.54, 1.807) is 0 Å². The maximum atomic E-state index is 5.34. The molecule has 0 aliphatic carbocycles. The van der Waals surface area contributed by atoms with E-state index in [1.807, 2.05) is 24.8 Å². The minimum absolute atomic E-state index is 0.441. The fraction of sp³-hybridized carbons (Fsp3) is 0.538. The van der Waals surface area contributed by atoms with Gasteiger partial charge >= 0.3 is 0 Å². The molecule has 1 aromatic rings. The van der Waals surface area contributed by atoms with Crippen molar-refractivity contribution in [1.29, 1.82) is 0 Å². The fourth-order valence-electron chi connectivity index (χ4n) is 1.34. The van der Waals surface area contributed by atoms with Crippen molar-refractivity contribution < 1.29 is 4.74 Å². The van der Waals surface area contributed by atoms with Crippen LogP contribution in [-0.4, -0.2) is 31.6 Å². The highest BCUT2D eigenvalue weighted by atomic mass is 32.2. The van der Waals surface area contributed by atoms with Gasteiger partial charge in [-0.3, -0.25) is 0 Å². The van der Waals surface area contributed by atoms with Crippen LogP contribution >= 0.6 is 11.8 Å². The van der Waals surface area contributed by atoms with Gasteiger partial charge in [-0.15, -0.1) is 11.8 Å². The van der Waals surface area contributed by atoms with Gasteiger partial charge in [-0.1, -0.05) is 18.2 Å². The molecular weight excluding hydrogens is 218 g/mol. The van der Waals surface area contributed by atoms with E-state index in [-0.39, 0.29) is 0 Å². The average molecular weight is 239 g/mol. The smallest absolute Gasteiger partial charge is 0.0616 e. The van der Waals surface area contributed by atoms with Crippen LogP contribution in [0.25, 0.3) is 0 Å². The lowest BCUT2D eigenvalue weighted by molar-refractivity contribution is 0.128. The van der Waals surface area contributed by atoms with Crippen LogP contribution in [0.1, 0.15) is 13.8 Å². The van der Waals surface area contributed by atoms with Gasteiger partial charge in [0.1, 0.15) is 0 Å². The van der Waals surface area contributed by atoms with E-state index < -0.39 is 0 Å². The van der Waals surface area contributed by atoms with E-state index in [4.69, 9.17) is 4.74 Å². The summed E-state index contributed by atoms with van der Waals surface area (Å²) in [4.78, 5) is 1.33. The lowest BCUT2D eigenvalue weighted by atomic mass is 10.3. The maximum Gasteiger partial charge on any atom is 0.0616 e. The number of hydrogen-bond acceptors (Lipinski definition) is 3. The SMILES string of the molecule is CCOCC(C)NCCSc1ccccc1. The van der Waals surface area contributed by atoms with Crippen molar-refractivity contribution in [3.05, 3.63) is 30.3 Å². The lowest BCUT2D eigenvalue weighted by Gasteiger charge is -2.13. The third kappa shape index (κ3) is 6.16. The molecule has 1 unspecified atom stereocenters. The van der Waals surface area contributed by atoms with Gasteiger partial charge in [-0.05, 0) is 26.0 Å². The molecule has 16 heavy (non-hydrogen) atoms. The Morgan fingerprint density at radius 1 is 1.31 bits per heavy atom. The standard InChI is InChI=1S/C13H21NOS/c1-3-15-11-12(2)14-9-10-16-13-7-5-4-6-8-13/h4-8,12,14H,3,9-11H2,1-2H3. The van der Waals surface area contributed by atoms with Crippen molar-refractivity contribution in [3.8, 4) is 0 Å². The van der Waals surface area contributed by atoms with Crippen LogP contribution in [0.3, 0.4) is 0 Å². The van der Waals surface area contributed by atoms with Gasteiger partial charge in [0.15, 0.2) is 0 Å². The average Bonchev–Trinajstić information content (AvgIpc) is 2.33. The quantitative estimate of drug-likeness (QED) is 0.557. The van der Waals surface area contributed by atoms with Crippen LogP contribution in [0.2, 0.25) is 0 Å². The summed E-state index contributed by atoms with van der Waals surface area (Å²) in [6.07, 6.45) is 0. The van der Waals surface area contributed by atoms with Crippen molar-refractivity contribution in [2.24, 2.45) is 0 Å². The molecule has 1 aromatic carbocycles. The van der Waals surface area contributed by atoms with Gasteiger partial charge in [0.25, 0.3) is 0 Å². The van der Waals surface area contributed by atoms with Crippen LogP contribution in [0.4, 0.5) is 0 Å². The van der Waals surface area contributed by atoms with Gasteiger partial charge < -0.3 is 10.1 Å². The Kier molecular flexibility index (Phi) is 7.30. The first-order chi connectivity index (χ1) is 7.83. The third-order valence-electron chi connectivity index (χ3n) is 2.18. The van der Waals surface area contributed by atoms with Crippen LogP contribution in [0.5, 0.6) is 0 Å². The van der Waals surface area contributed by atoms with Gasteiger partial charge in [0, 0.05) is 29.8 Å². The van der Waals surface area contributed by atoms with Gasteiger partial charge in [-0.2, -0.15) is 0 Å². The largest absolute Gasteiger partial charge is 0.380 e. The number of ether oxygens (including phenoxy) is 1. The zero-order valence-corrected chi connectivity index (χ0v) is 10.9. The highest BCUT2D eigenvalue weighted by Gasteiger charge is 1.99. The lowest BCUT2D eigenvalue weighted by Crippen LogP contribution is -2.32. The van der Waals surface area contributed by atoms with E-state index >= 15 is 0 Å². The topological polar surface area (TPSA) is 21.3 Å². The number of thioether (sulfide) groups is 1. The Bertz CT molecular complexity index is 266. The summed E-state index contributed by atoms with van der Waals surface area (Å²) in [6.45, 7) is 6.80. The minimum atomic E-state index is 0.441. The molecule has 0 fully saturated rings. The van der Waals surface area contributed by atoms with Crippen LogP contribution in [-0.2, 0) is 4.74 Å². The summed E-state index contributed by atoms with van der Waals surface area (Å²) in [5, 5.41) is 3.44. The molecule has 2 nitrogen and oxygen atoms in total. The molecule has 0 amide bonds. The third-order valence-corrected chi connectivity index (χ3v) is 3.19. The van der Waals surface area contributed by atoms with Crippen LogP contribution in [0.15, 0.2) is 35.2 Å². The molecule has 0 heterocycles. The molecule has 0 saturated heterocycles. The molecule has 0 spiro atoms. The number of benzene rings is 1. The molecule has 0 bridgehead atoms. The molecule has 1 N–H and O–H groups in total. The van der Waals surface area contributed by atoms with Crippen molar-refractivity contribution in [2.75, 3.05) is 25.5 Å². The predicted octanol–water partition coefficient (Wildman–Crippen LogP) is 2.79. The Morgan fingerprint density at radius 3 is 2.75 bits per heavy atom. The Labute approximate surface area is 103 Å². The summed E-state index contributed by atoms with van der Waals surface area (Å²) in [6, 6.07) is 10.9. The Balaban J connectivity index is 2.03. The van der Waals surface area contributed by atoms with Crippen molar-refractivity contribution in [1.82, 2.24) is 5.32 Å². The first-order valence-electron chi connectivity index (χ1n) is 5.82. The molecule has 0 aromatic heterocycles. The summed E-state index contributed by atoms with van der Waals surface area (Å²) in [5.74, 6) is 1.10. The number of nitrogens with one attached hydrogen (secondary N) is 1. The summed E-state index contributed by atoms with van der Waals surface area (Å²) in [5.41, 5.74) is 0. The summed E-state index contributed by atoms with van der Waals surface area (Å²) < 4.78 is 5.34. The van der Waals surface area contributed by atoms with Gasteiger partial charge in [-0.25, -0.2) is 0 Å². The summed E-state index contributed by atoms with van der Waals surface area (Å²) >= 11 is 1.88. The highest BCUT2D eigenvalue weighted by Crippen LogP contribution is 2.15. The van der Waals surface area contributed by atoms with E-state index in [0.29, 0.717) is 6.04 Å². The number of hydrogen-bond donors (Lipinski definition) is 1. The monoisotopic (exact) mass is 239 g/mol. The van der Waals surface area contributed by atoms with Gasteiger partial charge in [0.2, 0.25) is 0 Å². The first kappa shape index (κ1) is 13.6. The Hall–Kier alpha value is -0.510. The molecule has 0 saturated carbocycles. The van der Waals surface area contributed by atoms with Crippen LogP contribution in [0, 0.1) is 0 Å². The second-order valence-electron chi connectivity index (χ2n) is 3.68. The van der Waals surface area contributed by atoms with Gasteiger partial charge in [0.05, 0.1) is 6.61 Å². The van der Waals surface area contributed by atoms with E-state index in [2.05, 4.69) is 36.5 Å².